The molecule has 0 nitrogen and oxygen atoms in total. The maximum Gasteiger partial charge on any atom is -0.0289 e. The molecule has 0 aromatic carbocycles. The van der Waals surface area contributed by atoms with E-state index in [1.165, 1.54) is 0 Å². The molecule has 0 heteroatoms. The number of fused-ring (bicyclic) bond motifs is 9. The minimum absolute atomic E-state index is 0.790. The highest BCUT2D eigenvalue weighted by molar-refractivity contribution is 5.17. The van der Waals surface area contributed by atoms with E-state index in [9.17, 15) is 0 Å². The Balaban J connectivity index is 0.000000277. The number of hydrogen-bond donors (Lipinski definition) is 0. The van der Waals surface area contributed by atoms with Crippen LogP contribution in [0.15, 0.2) is 0 Å². The van der Waals surface area contributed by atoms with Crippen molar-refractivity contribution in [2.24, 2.45) is 34.5 Å². The van der Waals surface area contributed by atoms with Crippen molar-refractivity contribution in [1.29, 1.82) is 0 Å². The summed E-state index contributed by atoms with van der Waals surface area (Å²) in [5, 5.41) is 0. The fourth-order valence-electron chi connectivity index (χ4n) is 6.45. The summed E-state index contributed by atoms with van der Waals surface area (Å²) in [5.41, 5.74) is 1.58. The van der Waals surface area contributed by atoms with Crippen molar-refractivity contribution in [3.8, 4) is 0 Å². The Labute approximate surface area is 115 Å². The lowest BCUT2D eigenvalue weighted by Gasteiger charge is -2.43. The van der Waals surface area contributed by atoms with E-state index in [1.54, 1.807) is 38.5 Å². The molecule has 0 radical (unpaired) electrons. The van der Waals surface area contributed by atoms with Crippen LogP contribution in [0, 0.1) is 34.5 Å². The molecule has 4 rings (SSSR count). The highest BCUT2D eigenvalue weighted by atomic mass is 14.7. The molecule has 0 saturated heterocycles. The first-order valence-corrected chi connectivity index (χ1v) is 8.62. The Bertz CT molecular complexity index is 264. The molecule has 6 unspecified atom stereocenters. The number of rotatable bonds is 0. The van der Waals surface area contributed by atoms with Gasteiger partial charge in [-0.3, -0.25) is 0 Å². The van der Waals surface area contributed by atoms with Crippen LogP contribution in [0.5, 0.6) is 0 Å². The van der Waals surface area contributed by atoms with Crippen molar-refractivity contribution in [3.63, 3.8) is 0 Å². The van der Waals surface area contributed by atoms with Crippen molar-refractivity contribution in [2.75, 3.05) is 0 Å². The quantitative estimate of drug-likeness (QED) is 0.469. The molecular weight excluding hydrogens is 216 g/mol. The predicted molar refractivity (Wildman–Crippen MR) is 80.6 cm³/mol. The molecule has 0 aliphatic heterocycles. The van der Waals surface area contributed by atoms with Gasteiger partial charge in [0.2, 0.25) is 0 Å². The van der Waals surface area contributed by atoms with E-state index in [4.69, 9.17) is 0 Å². The van der Waals surface area contributed by atoms with Crippen LogP contribution in [0.1, 0.15) is 80.1 Å². The minimum atomic E-state index is 0.790. The zero-order chi connectivity index (χ0) is 13.6. The fraction of sp³-hybridized carbons (Fsp3) is 1.00. The molecule has 18 heavy (non-hydrogen) atoms. The summed E-state index contributed by atoms with van der Waals surface area (Å²) in [4.78, 5) is 0. The molecule has 4 bridgehead atoms. The Hall–Kier alpha value is 0. The highest BCUT2D eigenvalue weighted by Crippen LogP contribution is 2.76. The predicted octanol–water partition coefficient (Wildman–Crippen LogP) is 5.91. The van der Waals surface area contributed by atoms with Crippen LogP contribution < -0.4 is 0 Å². The summed E-state index contributed by atoms with van der Waals surface area (Å²) in [6, 6.07) is 0. The third-order valence-electron chi connectivity index (χ3n) is 6.64. The molecule has 0 aromatic rings. The van der Waals surface area contributed by atoms with Gasteiger partial charge in [-0.25, -0.2) is 0 Å². The topological polar surface area (TPSA) is 0 Å². The van der Waals surface area contributed by atoms with Crippen LogP contribution >= 0.6 is 0 Å². The molecule has 4 saturated carbocycles. The molecule has 0 N–H and O–H groups in total. The largest absolute Gasteiger partial charge is 0.0683 e. The standard InChI is InChI=1S/C14H22.2C2H6/c1-13-5-3-9(7-13)12-11(13)10-4-6-14(12,2)8-10;2*1-2/h9-12H,3-8H2,1-2H3;2*1-2H3. The van der Waals surface area contributed by atoms with Gasteiger partial charge < -0.3 is 0 Å². The molecule has 4 aliphatic rings. The van der Waals surface area contributed by atoms with Crippen molar-refractivity contribution in [2.45, 2.75) is 80.1 Å². The first-order chi connectivity index (χ1) is 8.62. The van der Waals surface area contributed by atoms with Crippen LogP contribution in [0.2, 0.25) is 0 Å². The fourth-order valence-corrected chi connectivity index (χ4v) is 6.45. The molecule has 106 valence electrons. The molecule has 0 spiro atoms. The van der Waals surface area contributed by atoms with Gasteiger partial charge in [-0.1, -0.05) is 41.5 Å². The molecular formula is C18H34. The van der Waals surface area contributed by atoms with Gasteiger partial charge in [-0.05, 0) is 73.0 Å². The second kappa shape index (κ2) is 4.84. The van der Waals surface area contributed by atoms with Gasteiger partial charge in [0.1, 0.15) is 0 Å². The maximum absolute atomic E-state index is 2.61. The lowest BCUT2D eigenvalue weighted by atomic mass is 9.62. The van der Waals surface area contributed by atoms with Gasteiger partial charge in [0.15, 0.2) is 0 Å². The first-order valence-electron chi connectivity index (χ1n) is 8.62. The summed E-state index contributed by atoms with van der Waals surface area (Å²) in [5.74, 6) is 4.58. The molecule has 4 fully saturated rings. The smallest absolute Gasteiger partial charge is 0.0289 e. The van der Waals surface area contributed by atoms with Gasteiger partial charge in [0.25, 0.3) is 0 Å². The second-order valence-corrected chi connectivity index (χ2v) is 7.37. The Morgan fingerprint density at radius 3 is 1.33 bits per heavy atom. The average molecular weight is 250 g/mol. The third-order valence-corrected chi connectivity index (χ3v) is 6.64. The van der Waals surface area contributed by atoms with Crippen molar-refractivity contribution in [3.05, 3.63) is 0 Å². The summed E-state index contributed by atoms with van der Waals surface area (Å²) >= 11 is 0. The summed E-state index contributed by atoms with van der Waals surface area (Å²) < 4.78 is 0. The van der Waals surface area contributed by atoms with Gasteiger partial charge in [0.05, 0.1) is 0 Å². The lowest BCUT2D eigenvalue weighted by Crippen LogP contribution is -2.36. The van der Waals surface area contributed by atoms with E-state index in [-0.39, 0.29) is 0 Å². The monoisotopic (exact) mass is 250 g/mol. The average Bonchev–Trinajstić information content (AvgIpc) is 3.09. The first kappa shape index (κ1) is 14.4. The molecule has 6 atom stereocenters. The maximum atomic E-state index is 2.61. The van der Waals surface area contributed by atoms with Crippen LogP contribution in [0.4, 0.5) is 0 Å². The molecule has 0 amide bonds. The molecule has 0 heterocycles. The lowest BCUT2D eigenvalue weighted by molar-refractivity contribution is 0.0537. The van der Waals surface area contributed by atoms with Crippen molar-refractivity contribution < 1.29 is 0 Å². The molecule has 0 aromatic heterocycles. The zero-order valence-corrected chi connectivity index (χ0v) is 13.6. The van der Waals surface area contributed by atoms with E-state index in [0.29, 0.717) is 0 Å². The SMILES string of the molecule is CC.CC.CC12CCC(C1)C1C2C2CCC1(C)C2. The minimum Gasteiger partial charge on any atom is -0.0683 e. The summed E-state index contributed by atoms with van der Waals surface area (Å²) in [6.07, 6.45) is 9.44. The van der Waals surface area contributed by atoms with Crippen LogP contribution in [0.3, 0.4) is 0 Å². The number of hydrogen-bond acceptors (Lipinski definition) is 0. The Morgan fingerprint density at radius 1 is 0.667 bits per heavy atom. The molecule has 4 aliphatic carbocycles. The Morgan fingerprint density at radius 2 is 1.00 bits per heavy atom. The van der Waals surface area contributed by atoms with E-state index in [2.05, 4.69) is 13.8 Å². The summed E-state index contributed by atoms with van der Waals surface area (Å²) in [7, 11) is 0. The van der Waals surface area contributed by atoms with E-state index < -0.39 is 0 Å². The van der Waals surface area contributed by atoms with Crippen molar-refractivity contribution in [1.82, 2.24) is 0 Å². The normalized spacial score (nSPS) is 54.3. The summed E-state index contributed by atoms with van der Waals surface area (Å²) in [6.45, 7) is 13.2. The van der Waals surface area contributed by atoms with E-state index in [0.717, 1.165) is 34.5 Å². The van der Waals surface area contributed by atoms with Gasteiger partial charge >= 0.3 is 0 Å². The second-order valence-electron chi connectivity index (χ2n) is 7.37. The van der Waals surface area contributed by atoms with Crippen LogP contribution in [-0.4, -0.2) is 0 Å². The third kappa shape index (κ3) is 1.70. The van der Waals surface area contributed by atoms with Gasteiger partial charge in [-0.2, -0.15) is 0 Å². The van der Waals surface area contributed by atoms with E-state index >= 15 is 0 Å². The highest BCUT2D eigenvalue weighted by Gasteiger charge is 2.68. The van der Waals surface area contributed by atoms with Gasteiger partial charge in [-0.15, -0.1) is 0 Å². The van der Waals surface area contributed by atoms with Crippen LogP contribution in [-0.2, 0) is 0 Å². The zero-order valence-electron chi connectivity index (χ0n) is 13.6. The Kier molecular flexibility index (Phi) is 3.87. The van der Waals surface area contributed by atoms with E-state index in [1.807, 2.05) is 27.7 Å². The van der Waals surface area contributed by atoms with Crippen LogP contribution in [0.25, 0.3) is 0 Å². The van der Waals surface area contributed by atoms with Crippen molar-refractivity contribution >= 4 is 0 Å². The van der Waals surface area contributed by atoms with Gasteiger partial charge in [0, 0.05) is 0 Å².